The first kappa shape index (κ1) is 11.0. The van der Waals surface area contributed by atoms with Gasteiger partial charge in [-0.2, -0.15) is 0 Å². The number of fused-ring (bicyclic) bond motifs is 1. The minimum Gasteiger partial charge on any atom is -0.389 e. The molecule has 0 radical (unpaired) electrons. The third-order valence-electron chi connectivity index (χ3n) is 4.46. The first-order chi connectivity index (χ1) is 8.28. The predicted octanol–water partition coefficient (Wildman–Crippen LogP) is 3.79. The lowest BCUT2D eigenvalue weighted by Crippen LogP contribution is -2.42. The highest BCUT2D eigenvalue weighted by atomic mass is 16.3. The maximum atomic E-state index is 10.8. The number of allylic oxidation sites excluding steroid dienone is 1. The van der Waals surface area contributed by atoms with Crippen molar-refractivity contribution >= 4 is 5.57 Å². The maximum absolute atomic E-state index is 10.8. The van der Waals surface area contributed by atoms with Crippen LogP contribution in [0, 0.1) is 5.92 Å². The lowest BCUT2D eigenvalue weighted by molar-refractivity contribution is -0.0461. The Hall–Kier alpha value is -1.08. The zero-order valence-corrected chi connectivity index (χ0v) is 10.2. The molecule has 17 heavy (non-hydrogen) atoms. The molecule has 2 atom stereocenters. The Labute approximate surface area is 103 Å². The van der Waals surface area contributed by atoms with E-state index >= 15 is 0 Å². The highest BCUT2D eigenvalue weighted by Crippen LogP contribution is 2.45. The molecule has 0 saturated heterocycles. The van der Waals surface area contributed by atoms with E-state index in [1.54, 1.807) is 0 Å². The van der Waals surface area contributed by atoms with E-state index in [9.17, 15) is 5.11 Å². The Morgan fingerprint density at radius 2 is 1.94 bits per heavy atom. The molecule has 1 aromatic carbocycles. The van der Waals surface area contributed by atoms with Crippen molar-refractivity contribution in [1.29, 1.82) is 0 Å². The van der Waals surface area contributed by atoms with Gasteiger partial charge in [0.05, 0.1) is 5.60 Å². The van der Waals surface area contributed by atoms with E-state index in [4.69, 9.17) is 0 Å². The average Bonchev–Trinajstić information content (AvgIpc) is 2.38. The summed E-state index contributed by atoms with van der Waals surface area (Å²) in [5.74, 6) is 0.503. The first-order valence-electron chi connectivity index (χ1n) is 6.75. The van der Waals surface area contributed by atoms with Gasteiger partial charge in [0.2, 0.25) is 0 Å². The van der Waals surface area contributed by atoms with E-state index in [1.807, 2.05) is 6.07 Å². The molecular formula is C16H20O. The summed E-state index contributed by atoms with van der Waals surface area (Å²) in [7, 11) is 0. The van der Waals surface area contributed by atoms with Gasteiger partial charge < -0.3 is 5.11 Å². The van der Waals surface area contributed by atoms with Crippen LogP contribution in [0.25, 0.3) is 5.57 Å². The van der Waals surface area contributed by atoms with Crippen LogP contribution in [-0.4, -0.2) is 10.7 Å². The Balaban J connectivity index is 1.87. The van der Waals surface area contributed by atoms with Crippen LogP contribution in [0.4, 0.5) is 0 Å². The van der Waals surface area contributed by atoms with Crippen molar-refractivity contribution < 1.29 is 5.11 Å². The van der Waals surface area contributed by atoms with Crippen LogP contribution in [0.3, 0.4) is 0 Å². The van der Waals surface area contributed by atoms with Gasteiger partial charge in [0.25, 0.3) is 0 Å². The maximum Gasteiger partial charge on any atom is 0.0719 e. The lowest BCUT2D eigenvalue weighted by atomic mass is 9.67. The molecule has 0 amide bonds. The van der Waals surface area contributed by atoms with Crippen LogP contribution in [-0.2, 0) is 0 Å². The van der Waals surface area contributed by atoms with E-state index < -0.39 is 5.60 Å². The molecule has 1 fully saturated rings. The molecule has 1 saturated carbocycles. The largest absolute Gasteiger partial charge is 0.389 e. The molecule has 2 aliphatic rings. The summed E-state index contributed by atoms with van der Waals surface area (Å²) in [6, 6.07) is 10.5. The fraction of sp³-hybridized carbons (Fsp3) is 0.500. The smallest absolute Gasteiger partial charge is 0.0719 e. The van der Waals surface area contributed by atoms with Crippen LogP contribution in [0.2, 0.25) is 0 Å². The highest BCUT2D eigenvalue weighted by molar-refractivity contribution is 5.67. The SMILES string of the molecule is O[C@]12CCCC[C@H]1CC=C(c1ccccc1)C2. The number of benzene rings is 1. The molecule has 0 heterocycles. The van der Waals surface area contributed by atoms with Gasteiger partial charge in [-0.15, -0.1) is 0 Å². The normalized spacial score (nSPS) is 32.8. The minimum atomic E-state index is -0.418. The van der Waals surface area contributed by atoms with Crippen molar-refractivity contribution in [2.24, 2.45) is 5.92 Å². The van der Waals surface area contributed by atoms with Crippen molar-refractivity contribution in [2.75, 3.05) is 0 Å². The van der Waals surface area contributed by atoms with Gasteiger partial charge in [0.15, 0.2) is 0 Å². The van der Waals surface area contributed by atoms with Gasteiger partial charge in [0.1, 0.15) is 0 Å². The van der Waals surface area contributed by atoms with Crippen molar-refractivity contribution in [3.05, 3.63) is 42.0 Å². The summed E-state index contributed by atoms with van der Waals surface area (Å²) < 4.78 is 0. The number of hydrogen-bond donors (Lipinski definition) is 1. The Morgan fingerprint density at radius 3 is 2.76 bits per heavy atom. The molecule has 1 aromatic rings. The van der Waals surface area contributed by atoms with Crippen molar-refractivity contribution in [3.8, 4) is 0 Å². The molecule has 1 nitrogen and oxygen atoms in total. The summed E-state index contributed by atoms with van der Waals surface area (Å²) in [6.07, 6.45) is 8.93. The molecule has 0 bridgehead atoms. The molecule has 0 aliphatic heterocycles. The topological polar surface area (TPSA) is 20.2 Å². The number of rotatable bonds is 1. The third kappa shape index (κ3) is 2.04. The molecule has 2 aliphatic carbocycles. The van der Waals surface area contributed by atoms with E-state index in [1.165, 1.54) is 30.4 Å². The Kier molecular flexibility index (Phi) is 2.79. The molecular weight excluding hydrogens is 208 g/mol. The second kappa shape index (κ2) is 4.30. The highest BCUT2D eigenvalue weighted by Gasteiger charge is 2.40. The lowest BCUT2D eigenvalue weighted by Gasteiger charge is -2.43. The van der Waals surface area contributed by atoms with E-state index in [0.29, 0.717) is 5.92 Å². The summed E-state index contributed by atoms with van der Waals surface area (Å²) in [5, 5.41) is 10.8. The van der Waals surface area contributed by atoms with Gasteiger partial charge in [0, 0.05) is 6.42 Å². The molecule has 0 spiro atoms. The molecule has 90 valence electrons. The average molecular weight is 228 g/mol. The Morgan fingerprint density at radius 1 is 1.12 bits per heavy atom. The Bertz CT molecular complexity index is 420. The second-order valence-corrected chi connectivity index (χ2v) is 5.55. The monoisotopic (exact) mass is 228 g/mol. The summed E-state index contributed by atoms with van der Waals surface area (Å²) in [5.41, 5.74) is 2.20. The quantitative estimate of drug-likeness (QED) is 0.775. The van der Waals surface area contributed by atoms with Gasteiger partial charge in [-0.3, -0.25) is 0 Å². The van der Waals surface area contributed by atoms with Gasteiger partial charge in [-0.1, -0.05) is 49.2 Å². The number of hydrogen-bond acceptors (Lipinski definition) is 1. The molecule has 3 rings (SSSR count). The fourth-order valence-corrected chi connectivity index (χ4v) is 3.42. The summed E-state index contributed by atoms with van der Waals surface area (Å²) >= 11 is 0. The molecule has 0 aromatic heterocycles. The van der Waals surface area contributed by atoms with Crippen LogP contribution in [0.5, 0.6) is 0 Å². The van der Waals surface area contributed by atoms with Crippen molar-refractivity contribution in [2.45, 2.75) is 44.1 Å². The second-order valence-electron chi connectivity index (χ2n) is 5.55. The first-order valence-corrected chi connectivity index (χ1v) is 6.75. The van der Waals surface area contributed by atoms with Crippen molar-refractivity contribution in [3.63, 3.8) is 0 Å². The zero-order chi connectivity index (χ0) is 11.7. The van der Waals surface area contributed by atoms with Crippen molar-refractivity contribution in [1.82, 2.24) is 0 Å². The zero-order valence-electron chi connectivity index (χ0n) is 10.2. The van der Waals surface area contributed by atoms with E-state index in [-0.39, 0.29) is 0 Å². The van der Waals surface area contributed by atoms with Gasteiger partial charge in [-0.05, 0) is 36.3 Å². The molecule has 0 unspecified atom stereocenters. The minimum absolute atomic E-state index is 0.418. The van der Waals surface area contributed by atoms with E-state index in [0.717, 1.165) is 19.3 Å². The van der Waals surface area contributed by atoms with Crippen LogP contribution >= 0.6 is 0 Å². The van der Waals surface area contributed by atoms with Gasteiger partial charge >= 0.3 is 0 Å². The number of aliphatic hydroxyl groups is 1. The fourth-order valence-electron chi connectivity index (χ4n) is 3.42. The van der Waals surface area contributed by atoms with Crippen LogP contribution < -0.4 is 0 Å². The van der Waals surface area contributed by atoms with Gasteiger partial charge in [-0.25, -0.2) is 0 Å². The standard InChI is InChI=1S/C16H20O/c17-16-11-5-4-8-15(16)10-9-14(12-16)13-6-2-1-3-7-13/h1-3,6-7,9,15,17H,4-5,8,10-12H2/t15-,16-/m0/s1. The van der Waals surface area contributed by atoms with Crippen LogP contribution in [0.15, 0.2) is 36.4 Å². The predicted molar refractivity (Wildman–Crippen MR) is 70.6 cm³/mol. The summed E-state index contributed by atoms with van der Waals surface area (Å²) in [6.45, 7) is 0. The summed E-state index contributed by atoms with van der Waals surface area (Å²) in [4.78, 5) is 0. The van der Waals surface area contributed by atoms with Crippen LogP contribution in [0.1, 0.15) is 44.1 Å². The van der Waals surface area contributed by atoms with E-state index in [2.05, 4.69) is 30.3 Å². The molecule has 1 N–H and O–H groups in total. The molecule has 1 heteroatoms. The third-order valence-corrected chi connectivity index (χ3v) is 4.46.